The van der Waals surface area contributed by atoms with Crippen molar-refractivity contribution in [3.05, 3.63) is 0 Å². The molecule has 21 heavy (non-hydrogen) atoms. The van der Waals surface area contributed by atoms with Gasteiger partial charge >= 0.3 is 6.18 Å². The van der Waals surface area contributed by atoms with Gasteiger partial charge in [-0.25, -0.2) is 0 Å². The summed E-state index contributed by atoms with van der Waals surface area (Å²) in [4.78, 5) is 2.31. The molecule has 3 nitrogen and oxygen atoms in total. The van der Waals surface area contributed by atoms with Crippen LogP contribution in [0.1, 0.15) is 39.5 Å². The van der Waals surface area contributed by atoms with Crippen molar-refractivity contribution in [1.29, 1.82) is 0 Å². The van der Waals surface area contributed by atoms with Gasteiger partial charge in [0.15, 0.2) is 0 Å². The number of aliphatic hydroxyl groups excluding tert-OH is 1. The van der Waals surface area contributed by atoms with Crippen molar-refractivity contribution >= 4 is 0 Å². The summed E-state index contributed by atoms with van der Waals surface area (Å²) < 4.78 is 37.1. The largest absolute Gasteiger partial charge is 0.401 e. The Morgan fingerprint density at radius 2 is 1.90 bits per heavy atom. The number of rotatable bonds is 6. The van der Waals surface area contributed by atoms with Crippen molar-refractivity contribution in [1.82, 2.24) is 10.2 Å². The fraction of sp³-hybridized carbons (Fsp3) is 1.00. The van der Waals surface area contributed by atoms with Gasteiger partial charge < -0.3 is 10.4 Å². The number of hydrogen-bond acceptors (Lipinski definition) is 3. The molecule has 0 amide bonds. The van der Waals surface area contributed by atoms with Gasteiger partial charge in [0, 0.05) is 25.2 Å². The molecule has 0 aromatic carbocycles. The van der Waals surface area contributed by atoms with Crippen LogP contribution in [0.3, 0.4) is 0 Å². The molecule has 2 aliphatic rings. The maximum Gasteiger partial charge on any atom is 0.401 e. The molecule has 124 valence electrons. The maximum absolute atomic E-state index is 12.4. The van der Waals surface area contributed by atoms with E-state index in [4.69, 9.17) is 0 Å². The summed E-state index contributed by atoms with van der Waals surface area (Å²) in [6.45, 7) is 4.65. The molecule has 3 atom stereocenters. The minimum absolute atomic E-state index is 0.120. The zero-order valence-corrected chi connectivity index (χ0v) is 12.9. The highest BCUT2D eigenvalue weighted by Gasteiger charge is 2.38. The topological polar surface area (TPSA) is 35.5 Å². The van der Waals surface area contributed by atoms with E-state index in [1.807, 2.05) is 13.8 Å². The van der Waals surface area contributed by atoms with Crippen molar-refractivity contribution < 1.29 is 18.3 Å². The molecular formula is C15H27F3N2O. The third-order valence-electron chi connectivity index (χ3n) is 4.56. The highest BCUT2D eigenvalue weighted by molar-refractivity contribution is 4.93. The van der Waals surface area contributed by atoms with E-state index in [9.17, 15) is 18.3 Å². The van der Waals surface area contributed by atoms with Gasteiger partial charge in [-0.2, -0.15) is 13.2 Å². The maximum atomic E-state index is 12.4. The molecule has 0 aromatic heterocycles. The van der Waals surface area contributed by atoms with Gasteiger partial charge in [0.25, 0.3) is 0 Å². The number of nitrogens with one attached hydrogen (secondary N) is 1. The molecular weight excluding hydrogens is 281 g/mol. The van der Waals surface area contributed by atoms with E-state index in [1.54, 1.807) is 0 Å². The van der Waals surface area contributed by atoms with Crippen LogP contribution in [0.2, 0.25) is 0 Å². The summed E-state index contributed by atoms with van der Waals surface area (Å²) in [5.41, 5.74) is 0. The average Bonchev–Trinajstić information content (AvgIpc) is 3.19. The second-order valence-electron chi connectivity index (χ2n) is 7.03. The first-order valence-corrected chi connectivity index (χ1v) is 7.97. The molecule has 2 rings (SSSR count). The van der Waals surface area contributed by atoms with E-state index in [0.29, 0.717) is 19.0 Å². The van der Waals surface area contributed by atoms with Crippen LogP contribution >= 0.6 is 0 Å². The minimum Gasteiger partial charge on any atom is -0.393 e. The Bertz CT molecular complexity index is 329. The molecule has 1 saturated carbocycles. The lowest BCUT2D eigenvalue weighted by Crippen LogP contribution is -2.52. The van der Waals surface area contributed by atoms with E-state index in [1.165, 1.54) is 0 Å². The lowest BCUT2D eigenvalue weighted by Gasteiger charge is -2.39. The van der Waals surface area contributed by atoms with E-state index in [-0.39, 0.29) is 24.0 Å². The number of piperidine rings is 1. The molecule has 1 aliphatic heterocycles. The molecule has 1 saturated heterocycles. The predicted octanol–water partition coefficient (Wildman–Crippen LogP) is 2.40. The summed E-state index contributed by atoms with van der Waals surface area (Å²) in [6.07, 6.45) is -0.794. The van der Waals surface area contributed by atoms with Gasteiger partial charge in [0.2, 0.25) is 0 Å². The molecule has 0 radical (unpaired) electrons. The first-order valence-electron chi connectivity index (χ1n) is 7.97. The summed E-state index contributed by atoms with van der Waals surface area (Å²) in [5, 5.41) is 12.7. The fourth-order valence-electron chi connectivity index (χ4n) is 3.17. The molecule has 2 N–H and O–H groups in total. The molecule has 0 bridgehead atoms. The highest BCUT2D eigenvalue weighted by Crippen LogP contribution is 2.33. The van der Waals surface area contributed by atoms with Crippen molar-refractivity contribution in [2.45, 2.75) is 63.9 Å². The molecule has 3 unspecified atom stereocenters. The van der Waals surface area contributed by atoms with Crippen LogP contribution in [-0.2, 0) is 0 Å². The predicted molar refractivity (Wildman–Crippen MR) is 76.0 cm³/mol. The van der Waals surface area contributed by atoms with Crippen molar-refractivity contribution in [2.75, 3.05) is 19.6 Å². The van der Waals surface area contributed by atoms with Crippen LogP contribution in [0.4, 0.5) is 13.2 Å². The van der Waals surface area contributed by atoms with Gasteiger partial charge in [0.1, 0.15) is 0 Å². The van der Waals surface area contributed by atoms with Crippen LogP contribution in [0, 0.1) is 11.8 Å². The standard InChI is InChI=1S/C15H27F3N2O/c1-10(2)14(21)6-11-5-12(19-9-15(16,17)18)8-20(7-11)13-3-4-13/h10-14,19,21H,3-9H2,1-2H3. The molecule has 2 fully saturated rings. The van der Waals surface area contributed by atoms with Crippen LogP contribution in [0.5, 0.6) is 0 Å². The minimum atomic E-state index is -4.16. The molecule has 0 aromatic rings. The SMILES string of the molecule is CC(C)C(O)CC1CC(NCC(F)(F)F)CN(C2CC2)C1. The Balaban J connectivity index is 1.88. The van der Waals surface area contributed by atoms with Gasteiger partial charge in [-0.05, 0) is 37.5 Å². The van der Waals surface area contributed by atoms with E-state index in [0.717, 1.165) is 25.8 Å². The lowest BCUT2D eigenvalue weighted by molar-refractivity contribution is -0.127. The summed E-state index contributed by atoms with van der Waals surface area (Å²) in [7, 11) is 0. The smallest absolute Gasteiger partial charge is 0.393 e. The van der Waals surface area contributed by atoms with Crippen LogP contribution < -0.4 is 5.32 Å². The van der Waals surface area contributed by atoms with Gasteiger partial charge in [-0.3, -0.25) is 4.90 Å². The zero-order valence-electron chi connectivity index (χ0n) is 12.9. The van der Waals surface area contributed by atoms with Crippen molar-refractivity contribution in [3.8, 4) is 0 Å². The fourth-order valence-corrected chi connectivity index (χ4v) is 3.17. The Kier molecular flexibility index (Phi) is 5.54. The Morgan fingerprint density at radius 3 is 2.43 bits per heavy atom. The number of hydrogen-bond donors (Lipinski definition) is 2. The number of aliphatic hydroxyl groups is 1. The van der Waals surface area contributed by atoms with Gasteiger partial charge in [-0.15, -0.1) is 0 Å². The second kappa shape index (κ2) is 6.84. The first-order chi connectivity index (χ1) is 9.74. The van der Waals surface area contributed by atoms with Crippen LogP contribution in [0.15, 0.2) is 0 Å². The number of alkyl halides is 3. The van der Waals surface area contributed by atoms with Crippen LogP contribution in [0.25, 0.3) is 0 Å². The second-order valence-corrected chi connectivity index (χ2v) is 7.03. The zero-order chi connectivity index (χ0) is 15.6. The third kappa shape index (κ3) is 5.75. The first kappa shape index (κ1) is 17.0. The monoisotopic (exact) mass is 308 g/mol. The number of halogens is 3. The summed E-state index contributed by atoms with van der Waals surface area (Å²) in [6, 6.07) is 0.435. The molecule has 0 spiro atoms. The van der Waals surface area contributed by atoms with Gasteiger partial charge in [-0.1, -0.05) is 13.8 Å². The molecule has 1 aliphatic carbocycles. The van der Waals surface area contributed by atoms with E-state index >= 15 is 0 Å². The Hall–Kier alpha value is -0.330. The Morgan fingerprint density at radius 1 is 1.24 bits per heavy atom. The highest BCUT2D eigenvalue weighted by atomic mass is 19.4. The number of nitrogens with zero attached hydrogens (tertiary/aromatic N) is 1. The summed E-state index contributed by atoms with van der Waals surface area (Å²) in [5.74, 6) is 0.477. The quantitative estimate of drug-likeness (QED) is 0.791. The molecule has 1 heterocycles. The Labute approximate surface area is 124 Å². The van der Waals surface area contributed by atoms with Crippen molar-refractivity contribution in [2.24, 2.45) is 11.8 Å². The van der Waals surface area contributed by atoms with Gasteiger partial charge in [0.05, 0.1) is 12.6 Å². The lowest BCUT2D eigenvalue weighted by atomic mass is 9.86. The van der Waals surface area contributed by atoms with Crippen LogP contribution in [-0.4, -0.2) is 54.0 Å². The summed E-state index contributed by atoms with van der Waals surface area (Å²) >= 11 is 0. The number of likely N-dealkylation sites (tertiary alicyclic amines) is 1. The molecule has 6 heteroatoms. The van der Waals surface area contributed by atoms with E-state index in [2.05, 4.69) is 10.2 Å². The van der Waals surface area contributed by atoms with Crippen molar-refractivity contribution in [3.63, 3.8) is 0 Å². The normalized spacial score (nSPS) is 29.9. The third-order valence-corrected chi connectivity index (χ3v) is 4.56. The average molecular weight is 308 g/mol. The van der Waals surface area contributed by atoms with E-state index < -0.39 is 12.7 Å².